The number of fused-ring (bicyclic) bond motifs is 9. The summed E-state index contributed by atoms with van der Waals surface area (Å²) < 4.78 is 59.5. The predicted octanol–water partition coefficient (Wildman–Crippen LogP) is 16.6. The van der Waals surface area contributed by atoms with Gasteiger partial charge in [-0.25, -0.2) is 14.4 Å². The molecule has 612 valence electrons. The molecule has 9 heterocycles. The first-order chi connectivity index (χ1) is 53.4. The third kappa shape index (κ3) is 30.7. The maximum atomic E-state index is 12.9. The van der Waals surface area contributed by atoms with Gasteiger partial charge in [0.05, 0.1) is 93.1 Å². The fourth-order valence-corrected chi connectivity index (χ4v) is 17.9. The molecule has 17 nitrogen and oxygen atoms in total. The molecule has 0 aromatic heterocycles. The van der Waals surface area contributed by atoms with Crippen LogP contribution < -0.4 is 0 Å². The van der Waals surface area contributed by atoms with E-state index in [0.717, 1.165) is 119 Å². The lowest BCUT2D eigenvalue weighted by Gasteiger charge is -2.28. The molecule has 4 N–H and O–H groups in total. The van der Waals surface area contributed by atoms with E-state index in [1.54, 1.807) is 25.3 Å². The predicted molar refractivity (Wildman–Crippen MR) is 434 cm³/mol. The topological polar surface area (TPSA) is 224 Å². The molecule has 0 aromatic rings. The molecule has 12 aliphatic rings. The van der Waals surface area contributed by atoms with Gasteiger partial charge in [-0.3, -0.25) is 0 Å². The van der Waals surface area contributed by atoms with Crippen molar-refractivity contribution in [1.82, 2.24) is 0 Å². The highest BCUT2D eigenvalue weighted by atomic mass is 16.6. The number of hydrogen-bond donors (Lipinski definition) is 4. The lowest BCUT2D eigenvalue weighted by Crippen LogP contribution is -2.32. The second-order valence-corrected chi connectivity index (χ2v) is 34.7. The maximum absolute atomic E-state index is 12.9. The molecular weight excluding hydrogens is 1400 g/mol. The molecule has 3 aliphatic carbocycles. The number of carbonyl (C=O) groups excluding carboxylic acids is 3. The van der Waals surface area contributed by atoms with Gasteiger partial charge in [0.1, 0.15) is 30.5 Å². The van der Waals surface area contributed by atoms with Gasteiger partial charge in [-0.1, -0.05) is 183 Å². The van der Waals surface area contributed by atoms with Gasteiger partial charge < -0.3 is 67.8 Å². The van der Waals surface area contributed by atoms with E-state index in [1.807, 2.05) is 30.4 Å². The molecule has 0 spiro atoms. The Labute approximate surface area is 663 Å². The molecule has 0 radical (unpaired) electrons. The van der Waals surface area contributed by atoms with E-state index in [4.69, 9.17) is 47.4 Å². The number of methoxy groups -OCH3 is 1. The molecule has 0 amide bonds. The van der Waals surface area contributed by atoms with Crippen molar-refractivity contribution in [2.75, 3.05) is 26.9 Å². The first kappa shape index (κ1) is 87.5. The van der Waals surface area contributed by atoms with Gasteiger partial charge >= 0.3 is 17.9 Å². The summed E-state index contributed by atoms with van der Waals surface area (Å²) in [4.78, 5) is 38.2. The minimum atomic E-state index is -0.947. The van der Waals surface area contributed by atoms with E-state index >= 15 is 0 Å². The quantitative estimate of drug-likeness (QED) is 0.0906. The summed E-state index contributed by atoms with van der Waals surface area (Å²) in [6.45, 7) is 27.6. The Morgan fingerprint density at radius 2 is 0.820 bits per heavy atom. The molecule has 3 saturated carbocycles. The van der Waals surface area contributed by atoms with Crippen LogP contribution in [0.4, 0.5) is 0 Å². The number of ether oxygens (including phenoxy) is 10. The molecule has 111 heavy (non-hydrogen) atoms. The van der Waals surface area contributed by atoms with Crippen LogP contribution in [0.15, 0.2) is 181 Å². The normalized spacial score (nSPS) is 39.3. The summed E-state index contributed by atoms with van der Waals surface area (Å²) in [5.41, 5.74) is 7.20. The van der Waals surface area contributed by atoms with Crippen LogP contribution in [0.3, 0.4) is 0 Å². The molecule has 0 saturated heterocycles. The average molecular weight is 1540 g/mol. The van der Waals surface area contributed by atoms with Crippen molar-refractivity contribution in [1.29, 1.82) is 0 Å². The van der Waals surface area contributed by atoms with Gasteiger partial charge in [0, 0.05) is 31.8 Å². The number of cyclic esters (lactones) is 3. The number of aliphatic hydroxyl groups excluding tert-OH is 4. The number of rotatable bonds is 10. The van der Waals surface area contributed by atoms with Gasteiger partial charge in [-0.2, -0.15) is 0 Å². The molecule has 9 aliphatic heterocycles. The van der Waals surface area contributed by atoms with Gasteiger partial charge in [-0.15, -0.1) is 0 Å². The Balaban J connectivity index is 0.000000177. The average Bonchev–Trinajstić information content (AvgIpc) is 1.67. The molecule has 12 rings (SSSR count). The highest BCUT2D eigenvalue weighted by molar-refractivity contribution is 5.83. The fraction of sp³-hybridized carbons (Fsp3) is 0.649. The van der Waals surface area contributed by atoms with E-state index in [0.29, 0.717) is 101 Å². The highest BCUT2D eigenvalue weighted by Crippen LogP contribution is 2.50. The smallest absolute Gasteiger partial charge is 0.330 e. The Bertz CT molecular complexity index is 3430. The lowest BCUT2D eigenvalue weighted by atomic mass is 9.90. The van der Waals surface area contributed by atoms with Gasteiger partial charge in [0.15, 0.2) is 0 Å². The first-order valence-electron chi connectivity index (χ1n) is 42.1. The minimum Gasteiger partial charge on any atom is -0.459 e. The largest absolute Gasteiger partial charge is 0.459 e. The lowest BCUT2D eigenvalue weighted by molar-refractivity contribution is -0.149. The summed E-state index contributed by atoms with van der Waals surface area (Å²) in [5.74, 6) is 1.65. The summed E-state index contributed by atoms with van der Waals surface area (Å²) >= 11 is 0. The third-order valence-corrected chi connectivity index (χ3v) is 24.1. The van der Waals surface area contributed by atoms with Crippen molar-refractivity contribution in [2.24, 2.45) is 53.3 Å². The second kappa shape index (κ2) is 44.2. The van der Waals surface area contributed by atoms with E-state index in [2.05, 4.69) is 128 Å². The van der Waals surface area contributed by atoms with Gasteiger partial charge in [0.25, 0.3) is 0 Å². The van der Waals surface area contributed by atoms with Gasteiger partial charge in [-0.05, 0) is 228 Å². The van der Waals surface area contributed by atoms with Crippen LogP contribution in [0.5, 0.6) is 0 Å². The zero-order valence-electron chi connectivity index (χ0n) is 67.7. The molecule has 3 fully saturated rings. The number of carbonyl (C=O) groups is 3. The van der Waals surface area contributed by atoms with E-state index in [9.17, 15) is 34.8 Å². The zero-order valence-corrected chi connectivity index (χ0v) is 67.7. The van der Waals surface area contributed by atoms with Gasteiger partial charge in [0.2, 0.25) is 0 Å². The monoisotopic (exact) mass is 1530 g/mol. The van der Waals surface area contributed by atoms with Crippen LogP contribution in [-0.2, 0) is 61.8 Å². The molecular formula is C94H134O17. The van der Waals surface area contributed by atoms with Crippen LogP contribution in [-0.4, -0.2) is 169 Å². The summed E-state index contributed by atoms with van der Waals surface area (Å²) in [7, 11) is 1.64. The summed E-state index contributed by atoms with van der Waals surface area (Å²) in [5, 5.41) is 43.7. The van der Waals surface area contributed by atoms with Crippen LogP contribution in [0, 0.1) is 53.3 Å². The van der Waals surface area contributed by atoms with Crippen molar-refractivity contribution in [3.05, 3.63) is 181 Å². The Morgan fingerprint density at radius 3 is 1.23 bits per heavy atom. The number of esters is 3. The van der Waals surface area contributed by atoms with Crippen LogP contribution in [0.25, 0.3) is 0 Å². The SMILES string of the molecule is C=C1C[C@H](C)C[C@@H]2CC=C[C@@H](C/C=C\C(=O)O[C@H](C/C=C/[C@@H]3CC(C)=CCO3)C[C@@H]3C[C@H]3[C@@H](O)C1)O2.C=C1C[C@H](C)C[C@@H]2CC=C[C@@H](C/C=C\C(=O)O[C@H]([C@@H](O)/C=C/[C@@H]3CC(C)=CCO3)C[C@@H]3C[C@H]3[C@@H](O)C1)O2.C=C1C[C@H](C)C[C@@H]2CC=C[C@@H](C/C=C\C(=O)O[C@H]([C@H](/C=C/[C@@H]3CC(C)=CCO3)OC)C[C@@H]3C[C@H]3[C@@H](O)C1)O2. The van der Waals surface area contributed by atoms with E-state index < -0.39 is 42.6 Å². The Kier molecular flexibility index (Phi) is 34.9. The van der Waals surface area contributed by atoms with Crippen LogP contribution >= 0.6 is 0 Å². The van der Waals surface area contributed by atoms with Crippen molar-refractivity contribution in [3.8, 4) is 0 Å². The number of hydrogen-bond acceptors (Lipinski definition) is 17. The van der Waals surface area contributed by atoms with E-state index in [-0.39, 0.29) is 109 Å². The van der Waals surface area contributed by atoms with Crippen molar-refractivity contribution in [2.45, 2.75) is 306 Å². The van der Waals surface area contributed by atoms with Crippen molar-refractivity contribution >= 4 is 17.9 Å². The van der Waals surface area contributed by atoms with Crippen molar-refractivity contribution in [3.63, 3.8) is 0 Å². The fourth-order valence-electron chi connectivity index (χ4n) is 17.9. The second-order valence-electron chi connectivity index (χ2n) is 34.7. The highest BCUT2D eigenvalue weighted by Gasteiger charge is 2.47. The zero-order chi connectivity index (χ0) is 78.9. The summed E-state index contributed by atoms with van der Waals surface area (Å²) in [6, 6.07) is 0. The molecule has 6 bridgehead atoms. The summed E-state index contributed by atoms with van der Waals surface area (Å²) in [6.07, 6.45) is 57.1. The van der Waals surface area contributed by atoms with E-state index in [1.165, 1.54) is 28.9 Å². The standard InChI is InChI=1S/C32H46O6.C31H44O6.C31H44O5/c1-21-13-14-36-26(16-21)11-12-30(35-4)31-20-24-19-28(24)29(33)18-23(3)15-22(2)17-27-9-5-7-25(37-27)8-6-10-32(34)38-31;1-20-12-13-35-25(15-20)10-11-28(32)30-19-23-18-27(23)29(33)17-22(3)14-21(2)16-26-8-4-6-24(36-26)7-5-9-31(34)37-30;1-21-13-14-34-26(16-21)9-5-11-28-19-24-20-29(24)30(32)18-23(3)15-22(2)17-27-10-4-7-25(35-27)8-6-12-31(33)36-28/h5-7,10-13,22,24-31,33H,3,8-9,14-20H2,1-2,4H3;4-6,9-12,21,23-30,32-33H,3,7-8,13-19H2,1-2H3;4-7,9,12-13,22,24-30,32H,3,8,10-11,14-20H2,1-2H3/b10-6-,12-11+;9-5-,11-10+;9-5+,12-6-/t22-,24-,25-,26+,27-,28+,29-,30-,31-;21-,23-,24-,25+,26-,27+,28-,29-,30-;22-,24+,25-,26+,27-,28+,29+,30-/m000/s1. The molecule has 17 heteroatoms. The van der Waals surface area contributed by atoms with Crippen molar-refractivity contribution < 1.29 is 82.2 Å². The first-order valence-corrected chi connectivity index (χ1v) is 42.1. The van der Waals surface area contributed by atoms with Crippen LogP contribution in [0.1, 0.15) is 202 Å². The maximum Gasteiger partial charge on any atom is 0.330 e. The third-order valence-electron chi connectivity index (χ3n) is 24.1. The molecule has 0 aromatic carbocycles. The molecule has 0 unspecified atom stereocenters. The Morgan fingerprint density at radius 1 is 0.450 bits per heavy atom. The van der Waals surface area contributed by atoms with Crippen LogP contribution in [0.2, 0.25) is 0 Å². The minimum absolute atomic E-state index is 0.0104. The Hall–Kier alpha value is -5.93. The number of aliphatic hydroxyl groups is 4. The molecule has 26 atom stereocenters.